The van der Waals surface area contributed by atoms with Crippen LogP contribution in [0.1, 0.15) is 39.3 Å². The SMILES string of the molecule is CC(NC(C)C(C)(C)O)c1ccccc1F. The molecule has 0 bridgehead atoms. The summed E-state index contributed by atoms with van der Waals surface area (Å²) >= 11 is 0. The molecule has 0 aliphatic carbocycles. The van der Waals surface area contributed by atoms with E-state index >= 15 is 0 Å². The molecule has 3 heteroatoms. The Balaban J connectivity index is 2.73. The van der Waals surface area contributed by atoms with E-state index in [1.54, 1.807) is 26.0 Å². The first-order valence-corrected chi connectivity index (χ1v) is 5.55. The minimum Gasteiger partial charge on any atom is -0.389 e. The molecule has 0 saturated heterocycles. The van der Waals surface area contributed by atoms with Gasteiger partial charge in [0, 0.05) is 17.6 Å². The van der Waals surface area contributed by atoms with Gasteiger partial charge in [0.2, 0.25) is 0 Å². The van der Waals surface area contributed by atoms with Crippen LogP contribution >= 0.6 is 0 Å². The highest BCUT2D eigenvalue weighted by atomic mass is 19.1. The Morgan fingerprint density at radius 3 is 2.31 bits per heavy atom. The van der Waals surface area contributed by atoms with Crippen molar-refractivity contribution in [1.82, 2.24) is 5.32 Å². The number of halogens is 1. The third-order valence-corrected chi connectivity index (χ3v) is 2.93. The summed E-state index contributed by atoms with van der Waals surface area (Å²) in [5.41, 5.74) is -0.196. The maximum atomic E-state index is 13.5. The number of benzene rings is 1. The van der Waals surface area contributed by atoms with Gasteiger partial charge in [0.1, 0.15) is 5.82 Å². The zero-order valence-corrected chi connectivity index (χ0v) is 10.3. The fourth-order valence-electron chi connectivity index (χ4n) is 1.49. The van der Waals surface area contributed by atoms with Crippen molar-refractivity contribution < 1.29 is 9.50 Å². The molecular weight excluding hydrogens is 205 g/mol. The normalized spacial score (nSPS) is 15.9. The van der Waals surface area contributed by atoms with Gasteiger partial charge in [0.15, 0.2) is 0 Å². The largest absolute Gasteiger partial charge is 0.389 e. The first-order valence-electron chi connectivity index (χ1n) is 5.55. The van der Waals surface area contributed by atoms with Crippen LogP contribution in [0.5, 0.6) is 0 Å². The van der Waals surface area contributed by atoms with E-state index in [0.29, 0.717) is 5.56 Å². The van der Waals surface area contributed by atoms with Crippen molar-refractivity contribution in [3.8, 4) is 0 Å². The van der Waals surface area contributed by atoms with E-state index in [0.717, 1.165) is 0 Å². The maximum Gasteiger partial charge on any atom is 0.127 e. The summed E-state index contributed by atoms with van der Waals surface area (Å²) in [7, 11) is 0. The van der Waals surface area contributed by atoms with Crippen LogP contribution in [0.15, 0.2) is 24.3 Å². The van der Waals surface area contributed by atoms with E-state index in [1.165, 1.54) is 6.07 Å². The highest BCUT2D eigenvalue weighted by Crippen LogP contribution is 2.19. The third kappa shape index (κ3) is 3.29. The van der Waals surface area contributed by atoms with Crippen LogP contribution in [0, 0.1) is 5.82 Å². The molecule has 1 aromatic carbocycles. The molecule has 90 valence electrons. The lowest BCUT2D eigenvalue weighted by Crippen LogP contribution is -2.45. The lowest BCUT2D eigenvalue weighted by atomic mass is 9.98. The highest BCUT2D eigenvalue weighted by molar-refractivity contribution is 5.20. The average molecular weight is 225 g/mol. The van der Waals surface area contributed by atoms with Crippen molar-refractivity contribution in [2.75, 3.05) is 0 Å². The predicted molar refractivity (Wildman–Crippen MR) is 63.7 cm³/mol. The third-order valence-electron chi connectivity index (χ3n) is 2.93. The molecule has 1 rings (SSSR count). The van der Waals surface area contributed by atoms with Crippen molar-refractivity contribution in [3.05, 3.63) is 35.6 Å². The predicted octanol–water partition coefficient (Wildman–Crippen LogP) is 2.64. The van der Waals surface area contributed by atoms with Gasteiger partial charge in [0.25, 0.3) is 0 Å². The molecule has 1 aromatic rings. The molecule has 0 fully saturated rings. The lowest BCUT2D eigenvalue weighted by molar-refractivity contribution is 0.0404. The highest BCUT2D eigenvalue weighted by Gasteiger charge is 2.24. The molecule has 0 aliphatic heterocycles. The first-order chi connectivity index (χ1) is 7.32. The molecule has 2 atom stereocenters. The molecule has 2 nitrogen and oxygen atoms in total. The Bertz CT molecular complexity index is 346. The molecule has 2 unspecified atom stereocenters. The average Bonchev–Trinajstić information content (AvgIpc) is 2.16. The molecule has 0 amide bonds. The number of aliphatic hydroxyl groups is 1. The monoisotopic (exact) mass is 225 g/mol. The Hall–Kier alpha value is -0.930. The molecule has 0 spiro atoms. The minimum atomic E-state index is -0.820. The summed E-state index contributed by atoms with van der Waals surface area (Å²) in [6.07, 6.45) is 0. The number of hydrogen-bond donors (Lipinski definition) is 2. The Labute approximate surface area is 96.5 Å². The summed E-state index contributed by atoms with van der Waals surface area (Å²) < 4.78 is 13.5. The van der Waals surface area contributed by atoms with Crippen molar-refractivity contribution in [3.63, 3.8) is 0 Å². The van der Waals surface area contributed by atoms with Crippen LogP contribution in [0.4, 0.5) is 4.39 Å². The van der Waals surface area contributed by atoms with Crippen molar-refractivity contribution in [2.45, 2.75) is 45.4 Å². The second kappa shape index (κ2) is 4.93. The Morgan fingerprint density at radius 2 is 1.81 bits per heavy atom. The van der Waals surface area contributed by atoms with Crippen LogP contribution in [0.2, 0.25) is 0 Å². The lowest BCUT2D eigenvalue weighted by Gasteiger charge is -2.30. The van der Waals surface area contributed by atoms with Gasteiger partial charge in [-0.2, -0.15) is 0 Å². The molecule has 0 heterocycles. The second-order valence-electron chi connectivity index (χ2n) is 4.79. The van der Waals surface area contributed by atoms with E-state index in [-0.39, 0.29) is 17.9 Å². The van der Waals surface area contributed by atoms with Crippen LogP contribution in [-0.4, -0.2) is 16.7 Å². The topological polar surface area (TPSA) is 32.3 Å². The van der Waals surface area contributed by atoms with Crippen molar-refractivity contribution in [2.24, 2.45) is 0 Å². The maximum absolute atomic E-state index is 13.5. The van der Waals surface area contributed by atoms with Gasteiger partial charge < -0.3 is 10.4 Å². The molecule has 0 saturated carbocycles. The molecular formula is C13H20FNO. The van der Waals surface area contributed by atoms with Gasteiger partial charge in [0.05, 0.1) is 5.60 Å². The van der Waals surface area contributed by atoms with E-state index in [1.807, 2.05) is 19.9 Å². The second-order valence-corrected chi connectivity index (χ2v) is 4.79. The van der Waals surface area contributed by atoms with Crippen LogP contribution < -0.4 is 5.32 Å². The van der Waals surface area contributed by atoms with Gasteiger partial charge in [-0.3, -0.25) is 0 Å². The fraction of sp³-hybridized carbons (Fsp3) is 0.538. The van der Waals surface area contributed by atoms with Gasteiger partial charge in [-0.05, 0) is 33.8 Å². The van der Waals surface area contributed by atoms with E-state index in [4.69, 9.17) is 0 Å². The Kier molecular flexibility index (Phi) is 4.05. The number of rotatable bonds is 4. The van der Waals surface area contributed by atoms with Crippen LogP contribution in [-0.2, 0) is 0 Å². The van der Waals surface area contributed by atoms with Gasteiger partial charge in [-0.25, -0.2) is 4.39 Å². The van der Waals surface area contributed by atoms with E-state index in [2.05, 4.69) is 5.32 Å². The molecule has 0 aliphatic rings. The molecule has 0 aromatic heterocycles. The quantitative estimate of drug-likeness (QED) is 0.825. The number of nitrogens with one attached hydrogen (secondary N) is 1. The minimum absolute atomic E-state index is 0.109. The fourth-order valence-corrected chi connectivity index (χ4v) is 1.49. The van der Waals surface area contributed by atoms with Gasteiger partial charge in [-0.15, -0.1) is 0 Å². The number of hydrogen-bond acceptors (Lipinski definition) is 2. The molecule has 2 N–H and O–H groups in total. The van der Waals surface area contributed by atoms with Crippen molar-refractivity contribution in [1.29, 1.82) is 0 Å². The Morgan fingerprint density at radius 1 is 1.25 bits per heavy atom. The van der Waals surface area contributed by atoms with Crippen LogP contribution in [0.25, 0.3) is 0 Å². The van der Waals surface area contributed by atoms with Gasteiger partial charge in [-0.1, -0.05) is 18.2 Å². The first kappa shape index (κ1) is 13.1. The summed E-state index contributed by atoms with van der Waals surface area (Å²) in [6, 6.07) is 6.45. The summed E-state index contributed by atoms with van der Waals surface area (Å²) in [5.74, 6) is -0.217. The molecule has 16 heavy (non-hydrogen) atoms. The standard InChI is InChI=1S/C13H20FNO/c1-9(15-10(2)13(3,4)16)11-7-5-6-8-12(11)14/h5-10,15-16H,1-4H3. The zero-order valence-electron chi connectivity index (χ0n) is 10.3. The van der Waals surface area contributed by atoms with E-state index < -0.39 is 5.60 Å². The summed E-state index contributed by atoms with van der Waals surface area (Å²) in [6.45, 7) is 7.25. The van der Waals surface area contributed by atoms with Crippen LogP contribution in [0.3, 0.4) is 0 Å². The molecule has 0 radical (unpaired) electrons. The summed E-state index contributed by atoms with van der Waals surface area (Å²) in [4.78, 5) is 0. The smallest absolute Gasteiger partial charge is 0.127 e. The van der Waals surface area contributed by atoms with E-state index in [9.17, 15) is 9.50 Å². The van der Waals surface area contributed by atoms with Gasteiger partial charge >= 0.3 is 0 Å². The zero-order chi connectivity index (χ0) is 12.3. The summed E-state index contributed by atoms with van der Waals surface area (Å²) in [5, 5.41) is 13.0. The van der Waals surface area contributed by atoms with Crippen molar-refractivity contribution >= 4 is 0 Å².